The van der Waals surface area contributed by atoms with E-state index in [0.717, 1.165) is 30.9 Å². The monoisotopic (exact) mass is 442 g/mol. The molecule has 0 bridgehead atoms. The normalized spacial score (nSPS) is 19.2. The fourth-order valence-corrected chi connectivity index (χ4v) is 4.26. The first kappa shape index (κ1) is 23.2. The van der Waals surface area contributed by atoms with E-state index >= 15 is 0 Å². The van der Waals surface area contributed by atoms with Gasteiger partial charge in [-0.25, -0.2) is 8.78 Å². The van der Waals surface area contributed by atoms with Crippen molar-refractivity contribution in [3.05, 3.63) is 65.8 Å². The maximum atomic E-state index is 14.2. The first-order valence-electron chi connectivity index (χ1n) is 10.4. The Morgan fingerprint density at radius 3 is 2.06 bits per heavy atom. The number of halogens is 6. The molecular weight excluding hydrogens is 418 g/mol. The third-order valence-corrected chi connectivity index (χ3v) is 5.77. The van der Waals surface area contributed by atoms with Crippen LogP contribution in [0, 0.1) is 17.6 Å². The van der Waals surface area contributed by atoms with Gasteiger partial charge in [0, 0.05) is 0 Å². The highest BCUT2D eigenvalue weighted by Crippen LogP contribution is 2.38. The number of hydrogen-bond donors (Lipinski definition) is 0. The Morgan fingerprint density at radius 2 is 1.55 bits per heavy atom. The van der Waals surface area contributed by atoms with Crippen molar-refractivity contribution in [3.8, 4) is 16.9 Å². The summed E-state index contributed by atoms with van der Waals surface area (Å²) in [5, 5.41) is 0. The predicted molar refractivity (Wildman–Crippen MR) is 107 cm³/mol. The number of alkyl halides is 2. The molecular formula is C24H24F6O. The van der Waals surface area contributed by atoms with E-state index in [0.29, 0.717) is 11.5 Å². The summed E-state index contributed by atoms with van der Waals surface area (Å²) < 4.78 is 83.1. The lowest BCUT2D eigenvalue weighted by Gasteiger charge is -2.28. The maximum Gasteiger partial charge on any atom is 0.425 e. The van der Waals surface area contributed by atoms with Gasteiger partial charge in [0.25, 0.3) is 6.08 Å². The first-order valence-corrected chi connectivity index (χ1v) is 10.4. The van der Waals surface area contributed by atoms with Crippen molar-refractivity contribution >= 4 is 0 Å². The lowest BCUT2D eigenvalue weighted by atomic mass is 9.77. The molecule has 0 amide bonds. The topological polar surface area (TPSA) is 9.23 Å². The molecule has 168 valence electrons. The van der Waals surface area contributed by atoms with Crippen LogP contribution in [0.2, 0.25) is 0 Å². The lowest BCUT2D eigenvalue weighted by Crippen LogP contribution is -2.23. The Hall–Kier alpha value is -2.44. The summed E-state index contributed by atoms with van der Waals surface area (Å²) in [6, 6.07) is 8.99. The minimum atomic E-state index is -4.54. The van der Waals surface area contributed by atoms with Gasteiger partial charge in [-0.2, -0.15) is 17.6 Å². The number of rotatable bonds is 7. The molecule has 3 rings (SSSR count). The standard InChI is InChI=1S/C24H24F6O/c1-2-3-15-4-6-16(7-5-15)17-8-10-18(11-9-17)19-12-20(25)23(21(26)13-19)31-24(29,30)14-22(27)28/h8-16H,2-7H2,1H3. The van der Waals surface area contributed by atoms with Crippen LogP contribution in [0.5, 0.6) is 5.75 Å². The van der Waals surface area contributed by atoms with E-state index in [1.807, 2.05) is 12.1 Å². The van der Waals surface area contributed by atoms with Gasteiger partial charge in [0.15, 0.2) is 17.4 Å². The molecule has 1 saturated carbocycles. The van der Waals surface area contributed by atoms with Crippen LogP contribution < -0.4 is 4.74 Å². The highest BCUT2D eigenvalue weighted by atomic mass is 19.3. The van der Waals surface area contributed by atoms with Crippen LogP contribution in [0.1, 0.15) is 56.9 Å². The Balaban J connectivity index is 1.74. The molecule has 0 radical (unpaired) electrons. The average molecular weight is 442 g/mol. The molecule has 0 atom stereocenters. The van der Waals surface area contributed by atoms with Gasteiger partial charge in [-0.1, -0.05) is 44.0 Å². The minimum absolute atomic E-state index is 0.135. The molecule has 0 heterocycles. The molecule has 31 heavy (non-hydrogen) atoms. The van der Waals surface area contributed by atoms with Gasteiger partial charge >= 0.3 is 6.11 Å². The smallest absolute Gasteiger partial charge is 0.423 e. The molecule has 0 aromatic heterocycles. The molecule has 2 aromatic carbocycles. The first-order chi connectivity index (χ1) is 14.7. The van der Waals surface area contributed by atoms with Crippen LogP contribution in [0.4, 0.5) is 26.3 Å². The van der Waals surface area contributed by atoms with Crippen molar-refractivity contribution in [2.75, 3.05) is 0 Å². The van der Waals surface area contributed by atoms with E-state index in [4.69, 9.17) is 0 Å². The highest BCUT2D eigenvalue weighted by molar-refractivity contribution is 5.65. The predicted octanol–water partition coefficient (Wildman–Crippen LogP) is 8.46. The van der Waals surface area contributed by atoms with Gasteiger partial charge in [0.1, 0.15) is 0 Å². The third-order valence-electron chi connectivity index (χ3n) is 5.77. The van der Waals surface area contributed by atoms with E-state index in [-0.39, 0.29) is 5.56 Å². The summed E-state index contributed by atoms with van der Waals surface area (Å²) in [6.45, 7) is 2.20. The molecule has 1 nitrogen and oxygen atoms in total. The Kier molecular flexibility index (Phi) is 7.34. The fraction of sp³-hybridized carbons (Fsp3) is 0.417. The third kappa shape index (κ3) is 6.05. The van der Waals surface area contributed by atoms with E-state index in [9.17, 15) is 26.3 Å². The highest BCUT2D eigenvalue weighted by Gasteiger charge is 2.33. The van der Waals surface area contributed by atoms with Crippen molar-refractivity contribution < 1.29 is 31.1 Å². The Labute approximate surface area is 177 Å². The van der Waals surface area contributed by atoms with Gasteiger partial charge in [0.05, 0.1) is 6.08 Å². The lowest BCUT2D eigenvalue weighted by molar-refractivity contribution is -0.137. The molecule has 0 spiro atoms. The zero-order valence-electron chi connectivity index (χ0n) is 17.1. The Bertz CT molecular complexity index is 887. The molecule has 0 aliphatic heterocycles. The van der Waals surface area contributed by atoms with Crippen LogP contribution in [-0.2, 0) is 0 Å². The van der Waals surface area contributed by atoms with Crippen molar-refractivity contribution in [3.63, 3.8) is 0 Å². The zero-order valence-corrected chi connectivity index (χ0v) is 17.1. The van der Waals surface area contributed by atoms with Crippen LogP contribution in [0.25, 0.3) is 11.1 Å². The summed E-state index contributed by atoms with van der Waals surface area (Å²) in [4.78, 5) is 0. The van der Waals surface area contributed by atoms with Crippen molar-refractivity contribution in [1.82, 2.24) is 0 Å². The summed E-state index contributed by atoms with van der Waals surface area (Å²) in [5.41, 5.74) is 1.81. The maximum absolute atomic E-state index is 14.2. The quantitative estimate of drug-likeness (QED) is 0.391. The largest absolute Gasteiger partial charge is 0.425 e. The summed E-state index contributed by atoms with van der Waals surface area (Å²) in [6.07, 6.45) is -0.998. The van der Waals surface area contributed by atoms with Gasteiger partial charge in [-0.05, 0) is 66.3 Å². The van der Waals surface area contributed by atoms with E-state index in [2.05, 4.69) is 11.7 Å². The van der Waals surface area contributed by atoms with Crippen molar-refractivity contribution in [1.29, 1.82) is 0 Å². The molecule has 7 heteroatoms. The SMILES string of the molecule is CCCC1CCC(c2ccc(-c3cc(F)c(OC(F)(F)C=C(F)F)c(F)c3)cc2)CC1. The van der Waals surface area contributed by atoms with Crippen LogP contribution in [0.15, 0.2) is 48.6 Å². The van der Waals surface area contributed by atoms with Gasteiger partial charge in [-0.3, -0.25) is 0 Å². The molecule has 0 unspecified atom stereocenters. The molecule has 1 fully saturated rings. The van der Waals surface area contributed by atoms with E-state index in [1.165, 1.54) is 31.2 Å². The van der Waals surface area contributed by atoms with Crippen LogP contribution >= 0.6 is 0 Å². The summed E-state index contributed by atoms with van der Waals surface area (Å²) in [7, 11) is 0. The zero-order chi connectivity index (χ0) is 22.6. The molecule has 2 aromatic rings. The van der Waals surface area contributed by atoms with Crippen LogP contribution in [0.3, 0.4) is 0 Å². The van der Waals surface area contributed by atoms with E-state index in [1.54, 1.807) is 12.1 Å². The molecule has 1 aliphatic rings. The van der Waals surface area contributed by atoms with Crippen molar-refractivity contribution in [2.24, 2.45) is 5.92 Å². The second kappa shape index (κ2) is 9.79. The fourth-order valence-electron chi connectivity index (χ4n) is 4.26. The number of benzene rings is 2. The summed E-state index contributed by atoms with van der Waals surface area (Å²) in [5.74, 6) is -2.97. The minimum Gasteiger partial charge on any atom is -0.423 e. The summed E-state index contributed by atoms with van der Waals surface area (Å²) >= 11 is 0. The molecule has 0 saturated heterocycles. The second-order valence-electron chi connectivity index (χ2n) is 8.00. The van der Waals surface area contributed by atoms with Gasteiger partial charge in [-0.15, -0.1) is 0 Å². The molecule has 1 aliphatic carbocycles. The van der Waals surface area contributed by atoms with Crippen LogP contribution in [-0.4, -0.2) is 6.11 Å². The number of ether oxygens (including phenoxy) is 1. The van der Waals surface area contributed by atoms with Gasteiger partial charge < -0.3 is 4.74 Å². The van der Waals surface area contributed by atoms with Gasteiger partial charge in [0.2, 0.25) is 0 Å². The second-order valence-corrected chi connectivity index (χ2v) is 8.00. The van der Waals surface area contributed by atoms with E-state index < -0.39 is 35.6 Å². The Morgan fingerprint density at radius 1 is 0.968 bits per heavy atom. The number of hydrogen-bond acceptors (Lipinski definition) is 1. The van der Waals surface area contributed by atoms with Crippen molar-refractivity contribution in [2.45, 2.75) is 57.5 Å². The molecule has 0 N–H and O–H groups in total. The average Bonchev–Trinajstić information content (AvgIpc) is 2.71.